The third-order valence-corrected chi connectivity index (χ3v) is 3.88. The van der Waals surface area contributed by atoms with Gasteiger partial charge < -0.3 is 5.32 Å². The van der Waals surface area contributed by atoms with Crippen molar-refractivity contribution in [1.29, 1.82) is 0 Å². The molecule has 0 spiro atoms. The van der Waals surface area contributed by atoms with Crippen LogP contribution in [-0.2, 0) is 4.79 Å². The molecule has 0 aliphatic rings. The molecule has 0 aliphatic heterocycles. The molecule has 0 aliphatic carbocycles. The predicted octanol–water partition coefficient (Wildman–Crippen LogP) is 4.52. The molecular formula is C15H30BrNO. The molecule has 1 unspecified atom stereocenters. The van der Waals surface area contributed by atoms with Crippen LogP contribution in [0.5, 0.6) is 0 Å². The summed E-state index contributed by atoms with van der Waals surface area (Å²) in [4.78, 5) is 12.1. The van der Waals surface area contributed by atoms with Gasteiger partial charge in [-0.3, -0.25) is 4.79 Å². The van der Waals surface area contributed by atoms with E-state index in [4.69, 9.17) is 0 Å². The number of hydrogen-bond acceptors (Lipinski definition) is 1. The molecule has 18 heavy (non-hydrogen) atoms. The van der Waals surface area contributed by atoms with Crippen LogP contribution < -0.4 is 5.32 Å². The van der Waals surface area contributed by atoms with E-state index in [-0.39, 0.29) is 11.8 Å². The molecular weight excluding hydrogens is 290 g/mol. The van der Waals surface area contributed by atoms with Crippen LogP contribution in [-0.4, -0.2) is 17.8 Å². The van der Waals surface area contributed by atoms with E-state index in [1.807, 2.05) is 0 Å². The van der Waals surface area contributed by atoms with Crippen LogP contribution in [0, 0.1) is 11.8 Å². The minimum atomic E-state index is 0.228. The Kier molecular flexibility index (Phi) is 12.0. The van der Waals surface area contributed by atoms with Gasteiger partial charge in [-0.1, -0.05) is 56.0 Å². The predicted molar refractivity (Wildman–Crippen MR) is 83.1 cm³/mol. The fourth-order valence-electron chi connectivity index (χ4n) is 2.40. The highest BCUT2D eigenvalue weighted by molar-refractivity contribution is 9.09. The van der Waals surface area contributed by atoms with Crippen LogP contribution in [0.15, 0.2) is 0 Å². The number of rotatable bonds is 11. The third-order valence-electron chi connectivity index (χ3n) is 3.42. The standard InChI is InChI=1S/C15H30BrNO/c1-4-7-13(10-11-16)12-17-15(18)14(8-5-2)9-6-3/h13-14H,4-12H2,1-3H3,(H,17,18). The summed E-state index contributed by atoms with van der Waals surface area (Å²) in [5.74, 6) is 1.13. The Labute approximate surface area is 121 Å². The van der Waals surface area contributed by atoms with E-state index in [0.29, 0.717) is 5.92 Å². The van der Waals surface area contributed by atoms with E-state index in [0.717, 1.165) is 44.0 Å². The lowest BCUT2D eigenvalue weighted by Gasteiger charge is -2.19. The highest BCUT2D eigenvalue weighted by Gasteiger charge is 2.17. The zero-order chi connectivity index (χ0) is 13.8. The van der Waals surface area contributed by atoms with Crippen LogP contribution in [0.25, 0.3) is 0 Å². The molecule has 0 aromatic rings. The van der Waals surface area contributed by atoms with Gasteiger partial charge in [-0.25, -0.2) is 0 Å². The van der Waals surface area contributed by atoms with Gasteiger partial charge in [-0.15, -0.1) is 0 Å². The van der Waals surface area contributed by atoms with Crippen molar-refractivity contribution in [3.05, 3.63) is 0 Å². The Morgan fingerprint density at radius 2 is 1.56 bits per heavy atom. The van der Waals surface area contributed by atoms with E-state index in [2.05, 4.69) is 42.0 Å². The maximum Gasteiger partial charge on any atom is 0.223 e. The van der Waals surface area contributed by atoms with Crippen molar-refractivity contribution in [3.63, 3.8) is 0 Å². The molecule has 1 N–H and O–H groups in total. The van der Waals surface area contributed by atoms with Crippen LogP contribution in [0.4, 0.5) is 0 Å². The average molecular weight is 320 g/mol. The average Bonchev–Trinajstić information content (AvgIpc) is 2.36. The third kappa shape index (κ3) is 8.12. The topological polar surface area (TPSA) is 29.1 Å². The highest BCUT2D eigenvalue weighted by Crippen LogP contribution is 2.15. The summed E-state index contributed by atoms with van der Waals surface area (Å²) in [6.07, 6.45) is 7.79. The first-order valence-corrected chi connectivity index (χ1v) is 8.65. The van der Waals surface area contributed by atoms with Gasteiger partial charge in [0.05, 0.1) is 0 Å². The molecule has 2 nitrogen and oxygen atoms in total. The molecule has 1 atom stereocenters. The summed E-state index contributed by atoms with van der Waals surface area (Å²) in [6, 6.07) is 0. The van der Waals surface area contributed by atoms with Crippen molar-refractivity contribution >= 4 is 21.8 Å². The van der Waals surface area contributed by atoms with E-state index in [9.17, 15) is 4.79 Å². The van der Waals surface area contributed by atoms with E-state index >= 15 is 0 Å². The van der Waals surface area contributed by atoms with Crippen LogP contribution in [0.3, 0.4) is 0 Å². The van der Waals surface area contributed by atoms with Crippen LogP contribution in [0.2, 0.25) is 0 Å². The monoisotopic (exact) mass is 319 g/mol. The number of hydrogen-bond donors (Lipinski definition) is 1. The van der Waals surface area contributed by atoms with Gasteiger partial charge in [0.25, 0.3) is 0 Å². The number of carbonyl (C=O) groups is 1. The minimum Gasteiger partial charge on any atom is -0.356 e. The Morgan fingerprint density at radius 1 is 1.00 bits per heavy atom. The molecule has 0 fully saturated rings. The number of alkyl halides is 1. The van der Waals surface area contributed by atoms with Gasteiger partial charge in [0.15, 0.2) is 0 Å². The van der Waals surface area contributed by atoms with Gasteiger partial charge in [-0.2, -0.15) is 0 Å². The molecule has 0 radical (unpaired) electrons. The smallest absolute Gasteiger partial charge is 0.223 e. The first-order valence-electron chi connectivity index (χ1n) is 7.53. The Balaban J connectivity index is 4.08. The number of halogens is 1. The Hall–Kier alpha value is -0.0500. The van der Waals surface area contributed by atoms with Crippen molar-refractivity contribution < 1.29 is 4.79 Å². The van der Waals surface area contributed by atoms with Gasteiger partial charge in [0, 0.05) is 17.8 Å². The van der Waals surface area contributed by atoms with Gasteiger partial charge in [0.2, 0.25) is 5.91 Å². The highest BCUT2D eigenvalue weighted by atomic mass is 79.9. The fourth-order valence-corrected chi connectivity index (χ4v) is 3.05. The summed E-state index contributed by atoms with van der Waals surface area (Å²) in [6.45, 7) is 7.36. The molecule has 0 heterocycles. The SMILES string of the molecule is CCCC(CCBr)CNC(=O)C(CCC)CCC. The lowest BCUT2D eigenvalue weighted by Crippen LogP contribution is -2.34. The number of nitrogens with one attached hydrogen (secondary N) is 1. The lowest BCUT2D eigenvalue weighted by molar-refractivity contribution is -0.125. The van der Waals surface area contributed by atoms with Crippen molar-refractivity contribution in [2.45, 2.75) is 65.7 Å². The Bertz CT molecular complexity index is 197. The lowest BCUT2D eigenvalue weighted by atomic mass is 9.96. The van der Waals surface area contributed by atoms with Crippen molar-refractivity contribution in [2.75, 3.05) is 11.9 Å². The van der Waals surface area contributed by atoms with Gasteiger partial charge in [-0.05, 0) is 31.6 Å². The van der Waals surface area contributed by atoms with Crippen molar-refractivity contribution in [2.24, 2.45) is 11.8 Å². The van der Waals surface area contributed by atoms with E-state index in [1.165, 1.54) is 12.8 Å². The first-order chi connectivity index (χ1) is 8.69. The molecule has 0 saturated heterocycles. The molecule has 0 saturated carbocycles. The molecule has 0 aromatic heterocycles. The van der Waals surface area contributed by atoms with Crippen LogP contribution >= 0.6 is 15.9 Å². The molecule has 108 valence electrons. The molecule has 3 heteroatoms. The normalized spacial score (nSPS) is 12.7. The summed E-state index contributed by atoms with van der Waals surface area (Å²) in [5.41, 5.74) is 0. The zero-order valence-electron chi connectivity index (χ0n) is 12.3. The maximum absolute atomic E-state index is 12.1. The molecule has 1 amide bonds. The Morgan fingerprint density at radius 3 is 2.00 bits per heavy atom. The van der Waals surface area contributed by atoms with Crippen LogP contribution in [0.1, 0.15) is 65.7 Å². The van der Waals surface area contributed by atoms with E-state index < -0.39 is 0 Å². The van der Waals surface area contributed by atoms with Crippen molar-refractivity contribution in [3.8, 4) is 0 Å². The minimum absolute atomic E-state index is 0.228. The number of carbonyl (C=O) groups excluding carboxylic acids is 1. The van der Waals surface area contributed by atoms with E-state index in [1.54, 1.807) is 0 Å². The molecule has 0 rings (SSSR count). The summed E-state index contributed by atoms with van der Waals surface area (Å²) in [7, 11) is 0. The molecule has 0 bridgehead atoms. The largest absolute Gasteiger partial charge is 0.356 e. The van der Waals surface area contributed by atoms with Crippen molar-refractivity contribution in [1.82, 2.24) is 5.32 Å². The first kappa shape index (κ1) is 17.9. The summed E-state index contributed by atoms with van der Waals surface area (Å²) >= 11 is 3.49. The quantitative estimate of drug-likeness (QED) is 0.557. The summed E-state index contributed by atoms with van der Waals surface area (Å²) < 4.78 is 0. The molecule has 0 aromatic carbocycles. The second-order valence-electron chi connectivity index (χ2n) is 5.15. The maximum atomic E-state index is 12.1. The zero-order valence-corrected chi connectivity index (χ0v) is 13.9. The second-order valence-corrected chi connectivity index (χ2v) is 5.94. The second kappa shape index (κ2) is 12.0. The summed E-state index contributed by atoms with van der Waals surface area (Å²) in [5, 5.41) is 4.19. The number of amides is 1. The fraction of sp³-hybridized carbons (Fsp3) is 0.933. The van der Waals surface area contributed by atoms with Gasteiger partial charge in [0.1, 0.15) is 0 Å². The van der Waals surface area contributed by atoms with Gasteiger partial charge >= 0.3 is 0 Å².